The van der Waals surface area contributed by atoms with Gasteiger partial charge in [0.1, 0.15) is 0 Å². The Balaban J connectivity index is 1.99. The topological polar surface area (TPSA) is 37.4 Å². The Labute approximate surface area is 185 Å². The second kappa shape index (κ2) is 8.45. The Kier molecular flexibility index (Phi) is 5.71. The summed E-state index contributed by atoms with van der Waals surface area (Å²) in [4.78, 5) is 0.271. The number of hydrogen-bond acceptors (Lipinski definition) is 2. The van der Waals surface area contributed by atoms with Gasteiger partial charge in [0, 0.05) is 5.92 Å². The van der Waals surface area contributed by atoms with Crippen molar-refractivity contribution in [1.29, 1.82) is 0 Å². The fourth-order valence-electron chi connectivity index (χ4n) is 4.52. The number of nitrogens with zero attached hydrogens (tertiary/aromatic N) is 1. The van der Waals surface area contributed by atoms with E-state index in [4.69, 9.17) is 6.42 Å². The van der Waals surface area contributed by atoms with Crippen LogP contribution in [-0.4, -0.2) is 14.5 Å². The van der Waals surface area contributed by atoms with Crippen molar-refractivity contribution in [2.45, 2.75) is 36.1 Å². The Morgan fingerprint density at radius 3 is 2.29 bits per heavy atom. The van der Waals surface area contributed by atoms with E-state index in [1.807, 2.05) is 73.7 Å². The van der Waals surface area contributed by atoms with Gasteiger partial charge in [-0.25, -0.2) is 8.42 Å². The monoisotopic (exact) mass is 427 g/mol. The number of anilines is 1. The van der Waals surface area contributed by atoms with Gasteiger partial charge in [-0.3, -0.25) is 4.31 Å². The van der Waals surface area contributed by atoms with Crippen LogP contribution in [0.4, 0.5) is 5.69 Å². The predicted molar refractivity (Wildman–Crippen MR) is 127 cm³/mol. The van der Waals surface area contributed by atoms with Gasteiger partial charge in [-0.1, -0.05) is 78.2 Å². The lowest BCUT2D eigenvalue weighted by atomic mass is 9.73. The summed E-state index contributed by atoms with van der Waals surface area (Å²) in [6, 6.07) is 24.1. The standard InChI is InChI=1S/C27H25NO2S/c1-4-11-26-27(21-12-7-6-8-13-21)23(5-2)24-14-9-10-15-25(24)28(26)31(29,30)22-18-16-20(3)17-19-22/h2,4,6-10,12-19,23,26-27H,1,11H2,3H3/t23-,26-,27+/m1/s1. The summed E-state index contributed by atoms with van der Waals surface area (Å²) < 4.78 is 29.5. The Bertz CT molecular complexity index is 1220. The van der Waals surface area contributed by atoms with E-state index in [-0.39, 0.29) is 22.8 Å². The minimum Gasteiger partial charge on any atom is -0.262 e. The van der Waals surface area contributed by atoms with Crippen molar-refractivity contribution < 1.29 is 8.42 Å². The predicted octanol–water partition coefficient (Wildman–Crippen LogP) is 5.65. The Morgan fingerprint density at radius 1 is 1.00 bits per heavy atom. The van der Waals surface area contributed by atoms with Crippen LogP contribution in [0.2, 0.25) is 0 Å². The molecule has 0 aliphatic carbocycles. The number of benzene rings is 3. The molecule has 0 bridgehead atoms. The molecule has 0 saturated heterocycles. The van der Waals surface area contributed by atoms with E-state index in [2.05, 4.69) is 12.5 Å². The van der Waals surface area contributed by atoms with E-state index in [0.29, 0.717) is 12.1 Å². The molecule has 0 saturated carbocycles. The highest BCUT2D eigenvalue weighted by Gasteiger charge is 2.45. The van der Waals surface area contributed by atoms with Crippen LogP contribution in [0.25, 0.3) is 0 Å². The number of fused-ring (bicyclic) bond motifs is 1. The van der Waals surface area contributed by atoms with Crippen LogP contribution < -0.4 is 4.31 Å². The van der Waals surface area contributed by atoms with Gasteiger partial charge in [0.05, 0.1) is 22.5 Å². The summed E-state index contributed by atoms with van der Waals surface area (Å²) in [5, 5.41) is 0. The highest BCUT2D eigenvalue weighted by atomic mass is 32.2. The van der Waals surface area contributed by atoms with Crippen molar-refractivity contribution in [3.05, 3.63) is 108 Å². The molecule has 0 amide bonds. The fourth-order valence-corrected chi connectivity index (χ4v) is 6.23. The number of terminal acetylenes is 1. The number of rotatable bonds is 5. The zero-order valence-corrected chi connectivity index (χ0v) is 18.3. The van der Waals surface area contributed by atoms with Crippen LogP contribution in [0.1, 0.15) is 34.9 Å². The normalized spacial score (nSPS) is 20.5. The Morgan fingerprint density at radius 2 is 1.65 bits per heavy atom. The first-order chi connectivity index (χ1) is 15.0. The third-order valence-corrected chi connectivity index (χ3v) is 7.79. The van der Waals surface area contributed by atoms with Crippen molar-refractivity contribution in [1.82, 2.24) is 0 Å². The quantitative estimate of drug-likeness (QED) is 0.390. The second-order valence-electron chi connectivity index (χ2n) is 7.85. The number of sulfonamides is 1. The summed E-state index contributed by atoms with van der Waals surface area (Å²) >= 11 is 0. The minimum atomic E-state index is -3.82. The van der Waals surface area contributed by atoms with Gasteiger partial charge in [0.25, 0.3) is 10.0 Å². The van der Waals surface area contributed by atoms with E-state index < -0.39 is 10.0 Å². The minimum absolute atomic E-state index is 0.195. The summed E-state index contributed by atoms with van der Waals surface area (Å²) in [5.74, 6) is 2.52. The zero-order valence-electron chi connectivity index (χ0n) is 17.5. The highest BCUT2D eigenvalue weighted by Crippen LogP contribution is 2.49. The lowest BCUT2D eigenvalue weighted by Crippen LogP contribution is -2.48. The summed E-state index contributed by atoms with van der Waals surface area (Å²) in [6.45, 7) is 5.86. The van der Waals surface area contributed by atoms with Gasteiger partial charge in [0.15, 0.2) is 0 Å². The van der Waals surface area contributed by atoms with Gasteiger partial charge in [-0.2, -0.15) is 0 Å². The molecule has 3 nitrogen and oxygen atoms in total. The SMILES string of the molecule is C#C[C@@H]1c2ccccc2N(S(=O)(=O)c2ccc(C)cc2)[C@H](CC=C)[C@H]1c1ccccc1. The maximum Gasteiger partial charge on any atom is 0.264 e. The van der Waals surface area contributed by atoms with Crippen LogP contribution in [0, 0.1) is 19.3 Å². The molecule has 0 aromatic heterocycles. The molecule has 0 radical (unpaired) electrons. The molecule has 156 valence electrons. The first kappa shape index (κ1) is 21.0. The molecule has 3 aromatic carbocycles. The van der Waals surface area contributed by atoms with E-state index in [1.165, 1.54) is 0 Å². The molecule has 4 rings (SSSR count). The van der Waals surface area contributed by atoms with Crippen LogP contribution >= 0.6 is 0 Å². The van der Waals surface area contributed by atoms with Crippen LogP contribution in [0.5, 0.6) is 0 Å². The molecule has 1 aliphatic rings. The van der Waals surface area contributed by atoms with Crippen molar-refractivity contribution in [2.75, 3.05) is 4.31 Å². The lowest BCUT2D eigenvalue weighted by molar-refractivity contribution is 0.473. The summed E-state index contributed by atoms with van der Waals surface area (Å²) in [7, 11) is -3.82. The van der Waals surface area contributed by atoms with E-state index >= 15 is 0 Å². The average Bonchev–Trinajstić information content (AvgIpc) is 2.79. The second-order valence-corrected chi connectivity index (χ2v) is 9.66. The molecule has 0 N–H and O–H groups in total. The largest absolute Gasteiger partial charge is 0.264 e. The first-order valence-electron chi connectivity index (χ1n) is 10.3. The van der Waals surface area contributed by atoms with Crippen LogP contribution in [0.15, 0.2) is 96.4 Å². The lowest BCUT2D eigenvalue weighted by Gasteiger charge is -2.45. The van der Waals surface area contributed by atoms with Gasteiger partial charge < -0.3 is 0 Å². The summed E-state index contributed by atoms with van der Waals surface area (Å²) in [6.07, 6.45) is 8.30. The smallest absolute Gasteiger partial charge is 0.262 e. The molecular weight excluding hydrogens is 402 g/mol. The van der Waals surface area contributed by atoms with Crippen molar-refractivity contribution in [3.8, 4) is 12.3 Å². The first-order valence-corrected chi connectivity index (χ1v) is 11.7. The third-order valence-electron chi connectivity index (χ3n) is 5.93. The van der Waals surface area contributed by atoms with Crippen LogP contribution in [-0.2, 0) is 10.0 Å². The molecule has 31 heavy (non-hydrogen) atoms. The van der Waals surface area contributed by atoms with Gasteiger partial charge in [-0.15, -0.1) is 13.0 Å². The molecule has 0 fully saturated rings. The third kappa shape index (κ3) is 3.66. The number of aryl methyl sites for hydroxylation is 1. The maximum absolute atomic E-state index is 14.0. The van der Waals surface area contributed by atoms with Gasteiger partial charge in [0.2, 0.25) is 0 Å². The molecule has 1 heterocycles. The van der Waals surface area contributed by atoms with Gasteiger partial charge >= 0.3 is 0 Å². The molecule has 3 atom stereocenters. The maximum atomic E-state index is 14.0. The molecule has 3 aromatic rings. The summed E-state index contributed by atoms with van der Waals surface area (Å²) in [5.41, 5.74) is 3.53. The molecule has 1 aliphatic heterocycles. The molecule has 4 heteroatoms. The van der Waals surface area contributed by atoms with Crippen molar-refractivity contribution in [3.63, 3.8) is 0 Å². The number of para-hydroxylation sites is 1. The Hall–Kier alpha value is -3.29. The van der Waals surface area contributed by atoms with Gasteiger partial charge in [-0.05, 0) is 42.7 Å². The zero-order chi connectivity index (χ0) is 22.0. The van der Waals surface area contributed by atoms with E-state index in [0.717, 1.165) is 16.7 Å². The average molecular weight is 428 g/mol. The van der Waals surface area contributed by atoms with E-state index in [1.54, 1.807) is 22.5 Å². The fraction of sp³-hybridized carbons (Fsp3) is 0.185. The molecular formula is C27H25NO2S. The highest BCUT2D eigenvalue weighted by molar-refractivity contribution is 7.92. The number of hydrogen-bond donors (Lipinski definition) is 0. The van der Waals surface area contributed by atoms with E-state index in [9.17, 15) is 8.42 Å². The van der Waals surface area contributed by atoms with Crippen molar-refractivity contribution in [2.24, 2.45) is 0 Å². The molecule has 0 spiro atoms. The van der Waals surface area contributed by atoms with Crippen LogP contribution in [0.3, 0.4) is 0 Å². The molecule has 0 unspecified atom stereocenters. The van der Waals surface area contributed by atoms with Crippen molar-refractivity contribution >= 4 is 15.7 Å².